The lowest BCUT2D eigenvalue weighted by molar-refractivity contribution is -0.133. The van der Waals surface area contributed by atoms with Crippen molar-refractivity contribution >= 4 is 23.8 Å². The Labute approximate surface area is 249 Å². The van der Waals surface area contributed by atoms with Crippen molar-refractivity contribution in [3.8, 4) is 0 Å². The standard InChI is InChI=1S/C35H42N4O3/c1-26-15-17-28(18-16-26)19-20-34(41)37-24-31-21-23-39(35(42)33(38-31)14-9-22-36-27(2)40)25-32(29-10-5-3-6-11-29)30-12-7-4-8-13-30/h3-8,10-13,15-20,31-33,38H,9,14,21-25H2,1-2H3,(H,36,40)(H,37,41)/b20-19+/t31-,33-/m0/s1. The number of nitrogens with zero attached hydrogens (tertiary/aromatic N) is 1. The number of aryl methyl sites for hydroxylation is 1. The molecule has 3 N–H and O–H groups in total. The molecule has 0 aromatic heterocycles. The molecule has 3 aromatic carbocycles. The summed E-state index contributed by atoms with van der Waals surface area (Å²) in [6.07, 6.45) is 5.34. The van der Waals surface area contributed by atoms with Crippen LogP contribution < -0.4 is 16.0 Å². The summed E-state index contributed by atoms with van der Waals surface area (Å²) in [6, 6.07) is 28.2. The van der Waals surface area contributed by atoms with E-state index in [1.165, 1.54) is 23.6 Å². The molecule has 3 aromatic rings. The topological polar surface area (TPSA) is 90.5 Å². The smallest absolute Gasteiger partial charge is 0.244 e. The molecule has 42 heavy (non-hydrogen) atoms. The van der Waals surface area contributed by atoms with Gasteiger partial charge in [-0.05, 0) is 49.0 Å². The van der Waals surface area contributed by atoms with Crippen LogP contribution in [0.5, 0.6) is 0 Å². The van der Waals surface area contributed by atoms with Crippen LogP contribution in [0.15, 0.2) is 91.0 Å². The highest BCUT2D eigenvalue weighted by atomic mass is 16.2. The maximum Gasteiger partial charge on any atom is 0.244 e. The van der Waals surface area contributed by atoms with E-state index in [4.69, 9.17) is 0 Å². The summed E-state index contributed by atoms with van der Waals surface area (Å²) in [5.74, 6) is -0.146. The Morgan fingerprint density at radius 2 is 1.60 bits per heavy atom. The second-order valence-corrected chi connectivity index (χ2v) is 11.0. The van der Waals surface area contributed by atoms with E-state index in [9.17, 15) is 14.4 Å². The van der Waals surface area contributed by atoms with E-state index in [1.54, 1.807) is 12.2 Å². The fourth-order valence-corrected chi connectivity index (χ4v) is 5.33. The van der Waals surface area contributed by atoms with Crippen molar-refractivity contribution in [1.29, 1.82) is 0 Å². The highest BCUT2D eigenvalue weighted by molar-refractivity contribution is 5.91. The van der Waals surface area contributed by atoms with E-state index in [-0.39, 0.29) is 29.7 Å². The maximum absolute atomic E-state index is 13.9. The maximum atomic E-state index is 13.9. The molecule has 7 heteroatoms. The van der Waals surface area contributed by atoms with E-state index in [0.717, 1.165) is 5.56 Å². The fraction of sp³-hybridized carbons (Fsp3) is 0.343. The number of carbonyl (C=O) groups is 3. The van der Waals surface area contributed by atoms with E-state index >= 15 is 0 Å². The number of hydrogen-bond acceptors (Lipinski definition) is 4. The van der Waals surface area contributed by atoms with Gasteiger partial charge in [-0.15, -0.1) is 0 Å². The number of hydrogen-bond donors (Lipinski definition) is 3. The summed E-state index contributed by atoms with van der Waals surface area (Å²) in [6.45, 7) is 5.61. The Hall–Kier alpha value is -4.23. The first kappa shape index (κ1) is 30.7. The van der Waals surface area contributed by atoms with Crippen molar-refractivity contribution in [2.24, 2.45) is 0 Å². The van der Waals surface area contributed by atoms with E-state index in [2.05, 4.69) is 40.2 Å². The zero-order chi connectivity index (χ0) is 29.7. The lowest BCUT2D eigenvalue weighted by Gasteiger charge is -2.29. The zero-order valence-corrected chi connectivity index (χ0v) is 24.6. The molecular weight excluding hydrogens is 524 g/mol. The van der Waals surface area contributed by atoms with E-state index < -0.39 is 6.04 Å². The van der Waals surface area contributed by atoms with Crippen LogP contribution in [0.3, 0.4) is 0 Å². The first-order valence-electron chi connectivity index (χ1n) is 14.8. The monoisotopic (exact) mass is 566 g/mol. The summed E-state index contributed by atoms with van der Waals surface area (Å²) in [5, 5.41) is 9.37. The van der Waals surface area contributed by atoms with Crippen LogP contribution in [-0.4, -0.2) is 60.9 Å². The van der Waals surface area contributed by atoms with Crippen LogP contribution in [-0.2, 0) is 14.4 Å². The minimum atomic E-state index is -0.404. The highest BCUT2D eigenvalue weighted by Gasteiger charge is 2.32. The zero-order valence-electron chi connectivity index (χ0n) is 24.6. The molecule has 2 atom stereocenters. The van der Waals surface area contributed by atoms with Crippen LogP contribution in [0.25, 0.3) is 6.08 Å². The molecule has 0 spiro atoms. The minimum Gasteiger partial charge on any atom is -0.356 e. The van der Waals surface area contributed by atoms with Gasteiger partial charge in [0, 0.05) is 51.1 Å². The molecule has 0 radical (unpaired) electrons. The van der Waals surface area contributed by atoms with Gasteiger partial charge < -0.3 is 20.9 Å². The van der Waals surface area contributed by atoms with Crippen molar-refractivity contribution in [3.63, 3.8) is 0 Å². The molecule has 1 fully saturated rings. The summed E-state index contributed by atoms with van der Waals surface area (Å²) >= 11 is 0. The number of benzene rings is 3. The summed E-state index contributed by atoms with van der Waals surface area (Å²) in [5.41, 5.74) is 4.47. The fourth-order valence-electron chi connectivity index (χ4n) is 5.33. The summed E-state index contributed by atoms with van der Waals surface area (Å²) in [7, 11) is 0. The molecule has 7 nitrogen and oxygen atoms in total. The van der Waals surface area contributed by atoms with Gasteiger partial charge >= 0.3 is 0 Å². The van der Waals surface area contributed by atoms with Crippen molar-refractivity contribution in [3.05, 3.63) is 113 Å². The third-order valence-corrected chi connectivity index (χ3v) is 7.67. The van der Waals surface area contributed by atoms with Crippen molar-refractivity contribution in [2.45, 2.75) is 51.1 Å². The minimum absolute atomic E-state index is 0.0412. The first-order chi connectivity index (χ1) is 20.4. The Morgan fingerprint density at radius 3 is 2.21 bits per heavy atom. The molecule has 0 saturated carbocycles. The lowest BCUT2D eigenvalue weighted by atomic mass is 9.90. The molecular formula is C35H42N4O3. The molecule has 3 amide bonds. The van der Waals surface area contributed by atoms with E-state index in [1.807, 2.05) is 72.5 Å². The van der Waals surface area contributed by atoms with Crippen LogP contribution in [0.1, 0.15) is 54.4 Å². The van der Waals surface area contributed by atoms with Gasteiger partial charge in [-0.1, -0.05) is 90.5 Å². The molecule has 1 heterocycles. The van der Waals surface area contributed by atoms with Crippen molar-refractivity contribution in [1.82, 2.24) is 20.9 Å². The largest absolute Gasteiger partial charge is 0.356 e. The average molecular weight is 567 g/mol. The van der Waals surface area contributed by atoms with Crippen molar-refractivity contribution < 1.29 is 14.4 Å². The Morgan fingerprint density at radius 1 is 0.952 bits per heavy atom. The van der Waals surface area contributed by atoms with Gasteiger partial charge in [0.15, 0.2) is 0 Å². The highest BCUT2D eigenvalue weighted by Crippen LogP contribution is 2.27. The SMILES string of the molecule is CC(=O)NCCC[C@@H]1N[C@H](CNC(=O)/C=C/c2ccc(C)cc2)CCN(CC(c2ccccc2)c2ccccc2)C1=O. The van der Waals surface area contributed by atoms with Gasteiger partial charge in [0.05, 0.1) is 6.04 Å². The summed E-state index contributed by atoms with van der Waals surface area (Å²) in [4.78, 5) is 39.9. The van der Waals surface area contributed by atoms with Gasteiger partial charge in [0.25, 0.3) is 0 Å². The summed E-state index contributed by atoms with van der Waals surface area (Å²) < 4.78 is 0. The van der Waals surface area contributed by atoms with Crippen LogP contribution >= 0.6 is 0 Å². The molecule has 0 unspecified atom stereocenters. The quantitative estimate of drug-likeness (QED) is 0.224. The third-order valence-electron chi connectivity index (χ3n) is 7.67. The number of carbonyl (C=O) groups excluding carboxylic acids is 3. The molecule has 1 saturated heterocycles. The van der Waals surface area contributed by atoms with Gasteiger partial charge in [-0.3, -0.25) is 14.4 Å². The predicted molar refractivity (Wildman–Crippen MR) is 168 cm³/mol. The Kier molecular flexibility index (Phi) is 11.5. The lowest BCUT2D eigenvalue weighted by Crippen LogP contribution is -2.49. The van der Waals surface area contributed by atoms with Crippen LogP contribution in [0, 0.1) is 6.92 Å². The second kappa shape index (κ2) is 15.7. The van der Waals surface area contributed by atoms with Gasteiger partial charge in [0.2, 0.25) is 17.7 Å². The van der Waals surface area contributed by atoms with E-state index in [0.29, 0.717) is 45.4 Å². The Bertz CT molecular complexity index is 1290. The number of amides is 3. The molecule has 4 rings (SSSR count). The Balaban J connectivity index is 1.45. The first-order valence-corrected chi connectivity index (χ1v) is 14.8. The molecule has 0 aliphatic carbocycles. The third kappa shape index (κ3) is 9.42. The van der Waals surface area contributed by atoms with Gasteiger partial charge in [0.1, 0.15) is 0 Å². The van der Waals surface area contributed by atoms with Crippen molar-refractivity contribution in [2.75, 3.05) is 26.2 Å². The average Bonchev–Trinajstić information content (AvgIpc) is 3.15. The second-order valence-electron chi connectivity index (χ2n) is 11.0. The van der Waals surface area contributed by atoms with Gasteiger partial charge in [-0.25, -0.2) is 0 Å². The molecule has 220 valence electrons. The number of rotatable bonds is 12. The van der Waals surface area contributed by atoms with Gasteiger partial charge in [-0.2, -0.15) is 0 Å². The normalized spacial score (nSPS) is 17.3. The molecule has 1 aliphatic rings. The van der Waals surface area contributed by atoms with Crippen LogP contribution in [0.2, 0.25) is 0 Å². The van der Waals surface area contributed by atoms with Crippen LogP contribution in [0.4, 0.5) is 0 Å². The molecule has 0 bridgehead atoms. The predicted octanol–water partition coefficient (Wildman–Crippen LogP) is 4.43. The number of nitrogens with one attached hydrogen (secondary N) is 3. The molecule has 1 aliphatic heterocycles.